The van der Waals surface area contributed by atoms with Crippen molar-refractivity contribution in [2.75, 3.05) is 33.9 Å². The molecular weight excluding hydrogens is 424 g/mol. The molecule has 3 rings (SSSR count). The third kappa shape index (κ3) is 4.78. The van der Waals surface area contributed by atoms with Gasteiger partial charge in [0.15, 0.2) is 5.28 Å². The van der Waals surface area contributed by atoms with Crippen LogP contribution in [0.4, 0.5) is 0 Å². The molecule has 1 atom stereocenters. The molecule has 1 aliphatic rings. The Bertz CT molecular complexity index is 1050. The number of hydroxylamine groups is 1. The molecule has 10 nitrogen and oxygen atoms in total. The average Bonchev–Trinajstić information content (AvgIpc) is 3.20. The summed E-state index contributed by atoms with van der Waals surface area (Å²) in [4.78, 5) is 18.8. The first kappa shape index (κ1) is 22.5. The van der Waals surface area contributed by atoms with Crippen molar-refractivity contribution in [3.63, 3.8) is 0 Å². The number of carbonyl (C=O) groups excluding carboxylic acids is 1. The minimum absolute atomic E-state index is 0.0823. The number of hydrogen-bond donors (Lipinski definition) is 0. The molecule has 11 heteroatoms. The van der Waals surface area contributed by atoms with Crippen molar-refractivity contribution in [3.05, 3.63) is 64.9 Å². The predicted octanol–water partition coefficient (Wildman–Crippen LogP) is 2.06. The van der Waals surface area contributed by atoms with E-state index < -0.39 is 28.6 Å². The molecule has 1 fully saturated rings. The second-order valence-corrected chi connectivity index (χ2v) is 8.83. The zero-order valence-corrected chi connectivity index (χ0v) is 18.3. The summed E-state index contributed by atoms with van der Waals surface area (Å²) in [7, 11) is -1.19. The molecule has 2 aromatic rings. The van der Waals surface area contributed by atoms with Gasteiger partial charge >= 0.3 is 0 Å². The summed E-state index contributed by atoms with van der Waals surface area (Å²) in [6.07, 6.45) is -0.916. The van der Waals surface area contributed by atoms with Crippen LogP contribution in [-0.4, -0.2) is 62.2 Å². The molecule has 0 spiro atoms. The first-order valence-electron chi connectivity index (χ1n) is 9.48. The SMILES string of the molecule is CO/N=[N+](\[O-])CC(=O)N1CCN(S(=O)(=O)c2ccc(C)cc2)C1c1ccc(OC)cc1. The minimum atomic E-state index is -3.91. The van der Waals surface area contributed by atoms with Gasteiger partial charge in [-0.2, -0.15) is 4.31 Å². The van der Waals surface area contributed by atoms with Crippen LogP contribution in [0.2, 0.25) is 0 Å². The van der Waals surface area contributed by atoms with E-state index in [1.807, 2.05) is 6.92 Å². The van der Waals surface area contributed by atoms with Crippen LogP contribution in [0, 0.1) is 12.1 Å². The van der Waals surface area contributed by atoms with Gasteiger partial charge in [-0.15, -0.1) is 0 Å². The highest BCUT2D eigenvalue weighted by molar-refractivity contribution is 7.89. The Labute approximate surface area is 180 Å². The Morgan fingerprint density at radius 2 is 1.77 bits per heavy atom. The monoisotopic (exact) mass is 448 g/mol. The largest absolute Gasteiger partial charge is 0.597 e. The third-order valence-corrected chi connectivity index (χ3v) is 6.80. The molecule has 1 amide bonds. The van der Waals surface area contributed by atoms with Crippen molar-refractivity contribution >= 4 is 15.9 Å². The van der Waals surface area contributed by atoms with Crippen LogP contribution >= 0.6 is 0 Å². The van der Waals surface area contributed by atoms with E-state index in [0.29, 0.717) is 11.3 Å². The third-order valence-electron chi connectivity index (χ3n) is 4.93. The zero-order valence-electron chi connectivity index (χ0n) is 17.5. The van der Waals surface area contributed by atoms with Gasteiger partial charge in [0.25, 0.3) is 12.5 Å². The lowest BCUT2D eigenvalue weighted by Crippen LogP contribution is -2.40. The van der Waals surface area contributed by atoms with Gasteiger partial charge in [0.1, 0.15) is 19.0 Å². The second-order valence-electron chi connectivity index (χ2n) is 6.94. The van der Waals surface area contributed by atoms with E-state index in [-0.39, 0.29) is 22.8 Å². The van der Waals surface area contributed by atoms with Crippen LogP contribution in [0.5, 0.6) is 5.75 Å². The molecule has 0 radical (unpaired) electrons. The molecule has 1 unspecified atom stereocenters. The topological polar surface area (TPSA) is 115 Å². The highest BCUT2D eigenvalue weighted by Gasteiger charge is 2.44. The van der Waals surface area contributed by atoms with Crippen LogP contribution in [0.3, 0.4) is 0 Å². The summed E-state index contributed by atoms with van der Waals surface area (Å²) in [5, 5.41) is 14.9. The van der Waals surface area contributed by atoms with Crippen LogP contribution in [0.25, 0.3) is 0 Å². The van der Waals surface area contributed by atoms with Crippen molar-refractivity contribution in [3.8, 4) is 5.75 Å². The van der Waals surface area contributed by atoms with Gasteiger partial charge in [0.05, 0.1) is 12.0 Å². The lowest BCUT2D eigenvalue weighted by Gasteiger charge is -2.29. The molecule has 0 bridgehead atoms. The van der Waals surface area contributed by atoms with E-state index in [1.54, 1.807) is 36.4 Å². The number of aryl methyl sites for hydroxylation is 1. The smallest absolute Gasteiger partial charge is 0.293 e. The number of amides is 1. The van der Waals surface area contributed by atoms with Crippen molar-refractivity contribution in [2.45, 2.75) is 18.0 Å². The molecule has 0 saturated carbocycles. The van der Waals surface area contributed by atoms with E-state index in [9.17, 15) is 18.4 Å². The Morgan fingerprint density at radius 3 is 2.35 bits per heavy atom. The van der Waals surface area contributed by atoms with E-state index in [4.69, 9.17) is 4.74 Å². The minimum Gasteiger partial charge on any atom is -0.597 e. The highest BCUT2D eigenvalue weighted by atomic mass is 32.2. The standard InChI is InChI=1S/C20H24N4O6S/c1-15-4-10-18(11-5-15)31(27,28)23-13-12-22(19(25)14-24(26)21-30-3)20(23)16-6-8-17(29-2)9-7-16/h4-11,20H,12-14H2,1-3H3/b24-21-. The molecule has 1 saturated heterocycles. The van der Waals surface area contributed by atoms with Gasteiger partial charge in [-0.1, -0.05) is 29.8 Å². The first-order valence-corrected chi connectivity index (χ1v) is 10.9. The molecule has 31 heavy (non-hydrogen) atoms. The molecule has 0 aromatic heterocycles. The number of ether oxygens (including phenoxy) is 1. The lowest BCUT2D eigenvalue weighted by molar-refractivity contribution is -0.547. The maximum absolute atomic E-state index is 13.4. The van der Waals surface area contributed by atoms with Crippen molar-refractivity contribution in [2.24, 2.45) is 5.28 Å². The van der Waals surface area contributed by atoms with Crippen molar-refractivity contribution < 1.29 is 27.6 Å². The van der Waals surface area contributed by atoms with Crippen LogP contribution in [0.1, 0.15) is 17.3 Å². The van der Waals surface area contributed by atoms with E-state index >= 15 is 0 Å². The summed E-state index contributed by atoms with van der Waals surface area (Å²) in [6, 6.07) is 13.3. The van der Waals surface area contributed by atoms with Gasteiger partial charge in [0, 0.05) is 13.1 Å². The summed E-state index contributed by atoms with van der Waals surface area (Å²) >= 11 is 0. The van der Waals surface area contributed by atoms with Crippen LogP contribution in [0.15, 0.2) is 58.7 Å². The Morgan fingerprint density at radius 1 is 1.13 bits per heavy atom. The van der Waals surface area contributed by atoms with Crippen LogP contribution < -0.4 is 4.74 Å². The summed E-state index contributed by atoms with van der Waals surface area (Å²) in [5.74, 6) is 0.0235. The van der Waals surface area contributed by atoms with Gasteiger partial charge in [-0.05, 0) is 41.6 Å². The average molecular weight is 449 g/mol. The predicted molar refractivity (Wildman–Crippen MR) is 110 cm³/mol. The van der Waals surface area contributed by atoms with Crippen molar-refractivity contribution in [1.82, 2.24) is 9.21 Å². The molecule has 0 N–H and O–H groups in total. The van der Waals surface area contributed by atoms with Gasteiger partial charge in [0.2, 0.25) is 10.0 Å². The summed E-state index contributed by atoms with van der Waals surface area (Å²) < 4.78 is 33.2. The summed E-state index contributed by atoms with van der Waals surface area (Å²) in [5.41, 5.74) is 1.50. The zero-order chi connectivity index (χ0) is 22.6. The van der Waals surface area contributed by atoms with Gasteiger partial charge in [-0.25, -0.2) is 8.42 Å². The van der Waals surface area contributed by atoms with E-state index in [1.165, 1.54) is 35.6 Å². The molecule has 166 valence electrons. The van der Waals surface area contributed by atoms with Gasteiger partial charge in [-0.3, -0.25) is 4.79 Å². The Kier molecular flexibility index (Phi) is 6.76. The Hall–Kier alpha value is -3.18. The van der Waals surface area contributed by atoms with E-state index in [0.717, 1.165) is 5.56 Å². The fraction of sp³-hybridized carbons (Fsp3) is 0.350. The summed E-state index contributed by atoms with van der Waals surface area (Å²) in [6.45, 7) is 1.48. The van der Waals surface area contributed by atoms with Gasteiger partial charge < -0.3 is 19.7 Å². The second kappa shape index (κ2) is 9.31. The fourth-order valence-corrected chi connectivity index (χ4v) is 4.98. The van der Waals surface area contributed by atoms with Crippen molar-refractivity contribution in [1.29, 1.82) is 0 Å². The molecule has 1 heterocycles. The quantitative estimate of drug-likeness (QED) is 0.364. The first-order chi connectivity index (χ1) is 14.8. The molecule has 1 aliphatic heterocycles. The van der Waals surface area contributed by atoms with Crippen LogP contribution in [-0.2, 0) is 19.7 Å². The maximum Gasteiger partial charge on any atom is 0.293 e. The maximum atomic E-state index is 13.4. The van der Waals surface area contributed by atoms with E-state index in [2.05, 4.69) is 10.1 Å². The Balaban J connectivity index is 2.00. The lowest BCUT2D eigenvalue weighted by atomic mass is 10.1. The number of nitrogens with zero attached hydrogens (tertiary/aromatic N) is 4. The number of carbonyl (C=O) groups is 1. The number of rotatable bonds is 7. The molecular formula is C20H24N4O6S. The number of methoxy groups -OCH3 is 1. The molecule has 0 aliphatic carbocycles. The number of benzene rings is 2. The normalized spacial score (nSPS) is 17.6. The highest BCUT2D eigenvalue weighted by Crippen LogP contribution is 2.35. The number of hydrogen-bond acceptors (Lipinski definition) is 7. The number of sulfonamides is 1. The molecule has 2 aromatic carbocycles. The fourth-order valence-electron chi connectivity index (χ4n) is 3.41.